The van der Waals surface area contributed by atoms with E-state index in [1.165, 1.54) is 5.56 Å². The van der Waals surface area contributed by atoms with Crippen LogP contribution in [-0.4, -0.2) is 30.0 Å². The fourth-order valence-electron chi connectivity index (χ4n) is 1.40. The highest BCUT2D eigenvalue weighted by atomic mass is 16.5. The Morgan fingerprint density at radius 3 is 3.07 bits per heavy atom. The van der Waals surface area contributed by atoms with Crippen LogP contribution in [0.25, 0.3) is 0 Å². The maximum absolute atomic E-state index is 5.05. The normalized spacial score (nSPS) is 13.0. The van der Waals surface area contributed by atoms with Crippen molar-refractivity contribution in [2.75, 3.05) is 20.3 Å². The van der Waals surface area contributed by atoms with E-state index < -0.39 is 0 Å². The summed E-state index contributed by atoms with van der Waals surface area (Å²) in [5.41, 5.74) is 1.24. The van der Waals surface area contributed by atoms with Gasteiger partial charge in [-0.25, -0.2) is 0 Å². The molecule has 0 aliphatic rings. The molecule has 1 atom stereocenters. The number of hydrogen-bond acceptors (Lipinski definition) is 3. The summed E-state index contributed by atoms with van der Waals surface area (Å²) < 4.78 is 7.06. The molecule has 0 fully saturated rings. The third kappa shape index (κ3) is 4.01. The van der Waals surface area contributed by atoms with Crippen LogP contribution in [0.3, 0.4) is 0 Å². The molecule has 1 aromatic rings. The molecule has 86 valence electrons. The first-order valence-electron chi connectivity index (χ1n) is 5.50. The maximum Gasteiger partial charge on any atom is 0.0534 e. The summed E-state index contributed by atoms with van der Waals surface area (Å²) in [5, 5.41) is 7.62. The van der Waals surface area contributed by atoms with Crippen molar-refractivity contribution < 1.29 is 4.74 Å². The zero-order valence-electron chi connectivity index (χ0n) is 9.86. The van der Waals surface area contributed by atoms with Gasteiger partial charge < -0.3 is 10.1 Å². The third-order valence-electron chi connectivity index (χ3n) is 2.43. The first-order chi connectivity index (χ1) is 7.27. The number of aromatic nitrogens is 2. The Morgan fingerprint density at radius 1 is 1.60 bits per heavy atom. The van der Waals surface area contributed by atoms with E-state index in [4.69, 9.17) is 4.74 Å². The summed E-state index contributed by atoms with van der Waals surface area (Å²) in [6.07, 6.45) is 5.02. The summed E-state index contributed by atoms with van der Waals surface area (Å²) in [5.74, 6) is 0. The van der Waals surface area contributed by atoms with Gasteiger partial charge in [0.15, 0.2) is 0 Å². The highest BCUT2D eigenvalue weighted by Gasteiger charge is 2.05. The number of rotatable bonds is 7. The van der Waals surface area contributed by atoms with Gasteiger partial charge in [-0.1, -0.05) is 6.92 Å². The lowest BCUT2D eigenvalue weighted by Gasteiger charge is -2.10. The summed E-state index contributed by atoms with van der Waals surface area (Å²) >= 11 is 0. The van der Waals surface area contributed by atoms with E-state index in [2.05, 4.69) is 30.5 Å². The summed E-state index contributed by atoms with van der Waals surface area (Å²) in [6, 6.07) is 0.403. The highest BCUT2D eigenvalue weighted by molar-refractivity contribution is 5.03. The average molecular weight is 211 g/mol. The van der Waals surface area contributed by atoms with Gasteiger partial charge in [0.1, 0.15) is 0 Å². The minimum Gasteiger partial charge on any atom is -0.385 e. The number of ether oxygens (including phenoxy) is 1. The highest BCUT2D eigenvalue weighted by Crippen LogP contribution is 2.10. The topological polar surface area (TPSA) is 39.1 Å². The fourth-order valence-corrected chi connectivity index (χ4v) is 1.40. The molecule has 0 amide bonds. The largest absolute Gasteiger partial charge is 0.385 e. The summed E-state index contributed by atoms with van der Waals surface area (Å²) in [7, 11) is 1.73. The van der Waals surface area contributed by atoms with E-state index in [-0.39, 0.29) is 0 Å². The van der Waals surface area contributed by atoms with E-state index in [0.717, 1.165) is 26.1 Å². The minimum atomic E-state index is 0.403. The Balaban J connectivity index is 2.43. The van der Waals surface area contributed by atoms with Gasteiger partial charge in [-0.2, -0.15) is 5.10 Å². The van der Waals surface area contributed by atoms with Crippen LogP contribution in [0.5, 0.6) is 0 Å². The van der Waals surface area contributed by atoms with Gasteiger partial charge in [-0.05, 0) is 19.9 Å². The molecule has 0 bridgehead atoms. The van der Waals surface area contributed by atoms with Crippen molar-refractivity contribution in [1.29, 1.82) is 0 Å². The molecule has 15 heavy (non-hydrogen) atoms. The van der Waals surface area contributed by atoms with Crippen molar-refractivity contribution in [2.45, 2.75) is 32.9 Å². The molecule has 1 rings (SSSR count). The molecule has 0 aliphatic carbocycles. The Morgan fingerprint density at radius 2 is 2.40 bits per heavy atom. The molecule has 1 unspecified atom stereocenters. The first kappa shape index (κ1) is 12.2. The van der Waals surface area contributed by atoms with E-state index in [1.807, 2.05) is 10.9 Å². The molecule has 0 aliphatic heterocycles. The number of nitrogens with one attached hydrogen (secondary N) is 1. The van der Waals surface area contributed by atoms with Gasteiger partial charge in [-0.15, -0.1) is 0 Å². The molecule has 0 spiro atoms. The first-order valence-corrected chi connectivity index (χ1v) is 5.50. The van der Waals surface area contributed by atoms with Gasteiger partial charge in [0.2, 0.25) is 0 Å². The Bertz CT molecular complexity index is 273. The van der Waals surface area contributed by atoms with Crippen LogP contribution in [0.4, 0.5) is 0 Å². The SMILES string of the molecule is CCNCc1cnn(C(C)CCOC)c1. The number of nitrogens with zero attached hydrogens (tertiary/aromatic N) is 2. The van der Waals surface area contributed by atoms with Crippen molar-refractivity contribution in [1.82, 2.24) is 15.1 Å². The van der Waals surface area contributed by atoms with Crippen molar-refractivity contribution in [3.8, 4) is 0 Å². The zero-order valence-corrected chi connectivity index (χ0v) is 9.86. The van der Waals surface area contributed by atoms with Crippen molar-refractivity contribution in [3.05, 3.63) is 18.0 Å². The third-order valence-corrected chi connectivity index (χ3v) is 2.43. The van der Waals surface area contributed by atoms with E-state index in [9.17, 15) is 0 Å². The van der Waals surface area contributed by atoms with Crippen molar-refractivity contribution in [2.24, 2.45) is 0 Å². The van der Waals surface area contributed by atoms with Gasteiger partial charge in [-0.3, -0.25) is 4.68 Å². The zero-order chi connectivity index (χ0) is 11.1. The predicted molar refractivity (Wildman–Crippen MR) is 60.8 cm³/mol. The molecule has 1 N–H and O–H groups in total. The fraction of sp³-hybridized carbons (Fsp3) is 0.727. The predicted octanol–water partition coefficient (Wildman–Crippen LogP) is 1.59. The molecule has 0 radical (unpaired) electrons. The molecule has 0 saturated carbocycles. The minimum absolute atomic E-state index is 0.403. The summed E-state index contributed by atoms with van der Waals surface area (Å²) in [6.45, 7) is 6.93. The molecular weight excluding hydrogens is 190 g/mol. The molecule has 1 heterocycles. The van der Waals surface area contributed by atoms with Gasteiger partial charge in [0.25, 0.3) is 0 Å². The second-order valence-electron chi connectivity index (χ2n) is 3.74. The van der Waals surface area contributed by atoms with Gasteiger partial charge >= 0.3 is 0 Å². The second kappa shape index (κ2) is 6.58. The van der Waals surface area contributed by atoms with E-state index in [0.29, 0.717) is 6.04 Å². The molecule has 4 nitrogen and oxygen atoms in total. The Kier molecular flexibility index (Phi) is 5.36. The molecular formula is C11H21N3O. The van der Waals surface area contributed by atoms with Crippen LogP contribution < -0.4 is 5.32 Å². The standard InChI is InChI=1S/C11H21N3O/c1-4-12-7-11-8-13-14(9-11)10(2)5-6-15-3/h8-10,12H,4-7H2,1-3H3. The maximum atomic E-state index is 5.05. The van der Waals surface area contributed by atoms with Crippen molar-refractivity contribution in [3.63, 3.8) is 0 Å². The quantitative estimate of drug-likeness (QED) is 0.744. The van der Waals surface area contributed by atoms with Crippen LogP contribution in [0, 0.1) is 0 Å². The van der Waals surface area contributed by atoms with Gasteiger partial charge in [0.05, 0.1) is 12.2 Å². The monoisotopic (exact) mass is 211 g/mol. The Labute approximate surface area is 91.6 Å². The molecule has 0 aromatic carbocycles. The van der Waals surface area contributed by atoms with E-state index >= 15 is 0 Å². The van der Waals surface area contributed by atoms with Gasteiger partial charge in [0, 0.05) is 32.0 Å². The summed E-state index contributed by atoms with van der Waals surface area (Å²) in [4.78, 5) is 0. The number of hydrogen-bond donors (Lipinski definition) is 1. The smallest absolute Gasteiger partial charge is 0.0534 e. The lowest BCUT2D eigenvalue weighted by Crippen LogP contribution is -2.11. The van der Waals surface area contributed by atoms with Crippen LogP contribution in [-0.2, 0) is 11.3 Å². The molecule has 0 saturated heterocycles. The van der Waals surface area contributed by atoms with Crippen LogP contribution >= 0.6 is 0 Å². The Hall–Kier alpha value is -0.870. The van der Waals surface area contributed by atoms with Crippen LogP contribution in [0.15, 0.2) is 12.4 Å². The van der Waals surface area contributed by atoms with E-state index in [1.54, 1.807) is 7.11 Å². The lowest BCUT2D eigenvalue weighted by atomic mass is 10.2. The van der Waals surface area contributed by atoms with Crippen LogP contribution in [0.1, 0.15) is 31.9 Å². The molecule has 1 aromatic heterocycles. The number of methoxy groups -OCH3 is 1. The van der Waals surface area contributed by atoms with Crippen molar-refractivity contribution >= 4 is 0 Å². The average Bonchev–Trinajstić information content (AvgIpc) is 2.71. The van der Waals surface area contributed by atoms with Crippen LogP contribution in [0.2, 0.25) is 0 Å². The second-order valence-corrected chi connectivity index (χ2v) is 3.74. The molecule has 4 heteroatoms. The lowest BCUT2D eigenvalue weighted by molar-refractivity contribution is 0.178.